The number of halogens is 7. The molecule has 0 bridgehead atoms. The van der Waals surface area contributed by atoms with Crippen LogP contribution in [-0.2, 0) is 22.9 Å². The quantitative estimate of drug-likeness (QED) is 0.537. The molecule has 0 saturated carbocycles. The van der Waals surface area contributed by atoms with Gasteiger partial charge in [-0.3, -0.25) is 4.72 Å². The standard InChI is InChI=1S/C20H20F6N2O3S.ClH/c21-19(22,23)9-12-28-10-7-14-1-2-16(13-15(14)8-11-28)27-32(29,30)18-5-3-17(4-6-18)31-20(24,25)26;/h1-6,13,27H,7-12H2;1H. The van der Waals surface area contributed by atoms with Gasteiger partial charge in [-0.25, -0.2) is 8.42 Å². The van der Waals surface area contributed by atoms with Crippen molar-refractivity contribution in [2.45, 2.75) is 36.7 Å². The Morgan fingerprint density at radius 2 is 1.52 bits per heavy atom. The molecule has 0 unspecified atom stereocenters. The third-order valence-corrected chi connectivity index (χ3v) is 6.33. The first-order chi connectivity index (χ1) is 14.8. The third kappa shape index (κ3) is 8.27. The Bertz CT molecular complexity index is 1040. The predicted octanol–water partition coefficient (Wildman–Crippen LogP) is 5.16. The van der Waals surface area contributed by atoms with Crippen LogP contribution in [0.1, 0.15) is 17.5 Å². The normalized spacial score (nSPS) is 15.2. The molecule has 0 aromatic heterocycles. The van der Waals surface area contributed by atoms with Crippen LogP contribution < -0.4 is 9.46 Å². The summed E-state index contributed by atoms with van der Waals surface area (Å²) in [4.78, 5) is 1.47. The summed E-state index contributed by atoms with van der Waals surface area (Å²) < 4.78 is 105. The Labute approximate surface area is 193 Å². The zero-order valence-corrected chi connectivity index (χ0v) is 18.7. The van der Waals surface area contributed by atoms with Crippen LogP contribution in [0, 0.1) is 0 Å². The summed E-state index contributed by atoms with van der Waals surface area (Å²) in [5, 5.41) is 0. The molecule has 0 fully saturated rings. The van der Waals surface area contributed by atoms with Crippen molar-refractivity contribution >= 4 is 28.1 Å². The number of fused-ring (bicyclic) bond motifs is 1. The van der Waals surface area contributed by atoms with E-state index < -0.39 is 34.7 Å². The van der Waals surface area contributed by atoms with E-state index in [0.717, 1.165) is 35.4 Å². The summed E-state index contributed by atoms with van der Waals surface area (Å²) >= 11 is 0. The van der Waals surface area contributed by atoms with Crippen LogP contribution in [0.25, 0.3) is 0 Å². The van der Waals surface area contributed by atoms with Crippen LogP contribution >= 0.6 is 12.4 Å². The number of anilines is 1. The lowest BCUT2D eigenvalue weighted by Gasteiger charge is -2.20. The largest absolute Gasteiger partial charge is 0.573 e. The molecule has 0 amide bonds. The molecule has 2 aromatic carbocycles. The fourth-order valence-corrected chi connectivity index (χ4v) is 4.43. The molecule has 0 radical (unpaired) electrons. The molecule has 13 heteroatoms. The Morgan fingerprint density at radius 1 is 0.909 bits per heavy atom. The Kier molecular flexibility index (Phi) is 8.52. The summed E-state index contributed by atoms with van der Waals surface area (Å²) in [6.07, 6.45) is -8.99. The monoisotopic (exact) mass is 518 g/mol. The fourth-order valence-electron chi connectivity index (χ4n) is 3.38. The van der Waals surface area contributed by atoms with E-state index in [9.17, 15) is 34.8 Å². The van der Waals surface area contributed by atoms with Gasteiger partial charge in [-0.2, -0.15) is 13.2 Å². The van der Waals surface area contributed by atoms with Gasteiger partial charge in [0.15, 0.2) is 0 Å². The Balaban J connectivity index is 0.00000385. The van der Waals surface area contributed by atoms with Crippen LogP contribution in [-0.4, -0.2) is 45.5 Å². The van der Waals surface area contributed by atoms with Crippen LogP contribution in [0.3, 0.4) is 0 Å². The van der Waals surface area contributed by atoms with Crippen molar-refractivity contribution in [3.8, 4) is 5.75 Å². The lowest BCUT2D eigenvalue weighted by atomic mass is 10.0. The molecular weight excluding hydrogens is 498 g/mol. The smallest absolute Gasteiger partial charge is 0.406 e. The molecule has 1 N–H and O–H groups in total. The van der Waals surface area contributed by atoms with Gasteiger partial charge in [-0.15, -0.1) is 25.6 Å². The van der Waals surface area contributed by atoms with Gasteiger partial charge in [0, 0.05) is 25.3 Å². The molecule has 184 valence electrons. The second-order valence-electron chi connectivity index (χ2n) is 7.32. The maximum Gasteiger partial charge on any atom is 0.573 e. The number of ether oxygens (including phenoxy) is 1. The molecule has 0 saturated heterocycles. The van der Waals surface area contributed by atoms with E-state index >= 15 is 0 Å². The lowest BCUT2D eigenvalue weighted by molar-refractivity contribution is -0.274. The number of alkyl halides is 6. The van der Waals surface area contributed by atoms with E-state index in [2.05, 4.69) is 9.46 Å². The summed E-state index contributed by atoms with van der Waals surface area (Å²) in [7, 11) is -4.07. The fraction of sp³-hybridized carbons (Fsp3) is 0.400. The predicted molar refractivity (Wildman–Crippen MR) is 112 cm³/mol. The highest BCUT2D eigenvalue weighted by Gasteiger charge is 2.31. The highest BCUT2D eigenvalue weighted by atomic mass is 35.5. The van der Waals surface area contributed by atoms with E-state index in [-0.39, 0.29) is 29.5 Å². The second-order valence-corrected chi connectivity index (χ2v) is 9.00. The summed E-state index contributed by atoms with van der Waals surface area (Å²) in [5.41, 5.74) is 2.01. The average Bonchev–Trinajstić information content (AvgIpc) is 2.87. The number of sulfonamides is 1. The molecule has 0 spiro atoms. The van der Waals surface area contributed by atoms with Gasteiger partial charge >= 0.3 is 12.5 Å². The number of hydrogen-bond acceptors (Lipinski definition) is 4. The molecule has 1 heterocycles. The minimum absolute atomic E-state index is 0. The van der Waals surface area contributed by atoms with Crippen LogP contribution in [0.5, 0.6) is 5.75 Å². The minimum atomic E-state index is -4.89. The zero-order valence-electron chi connectivity index (χ0n) is 17.0. The van der Waals surface area contributed by atoms with Crippen LogP contribution in [0.4, 0.5) is 32.0 Å². The second kappa shape index (κ2) is 10.4. The third-order valence-electron chi connectivity index (χ3n) is 4.93. The van der Waals surface area contributed by atoms with Crippen molar-refractivity contribution in [3.05, 3.63) is 53.6 Å². The van der Waals surface area contributed by atoms with Gasteiger partial charge in [0.05, 0.1) is 11.3 Å². The Hall–Kier alpha value is -2.18. The molecule has 2 aromatic rings. The molecule has 5 nitrogen and oxygen atoms in total. The van der Waals surface area contributed by atoms with Crippen molar-refractivity contribution in [3.63, 3.8) is 0 Å². The number of hydrogen-bond donors (Lipinski definition) is 1. The molecule has 0 atom stereocenters. The van der Waals surface area contributed by atoms with Crippen molar-refractivity contribution in [2.24, 2.45) is 0 Å². The zero-order chi connectivity index (χ0) is 23.6. The maximum absolute atomic E-state index is 12.6. The minimum Gasteiger partial charge on any atom is -0.406 e. The first-order valence-electron chi connectivity index (χ1n) is 9.60. The van der Waals surface area contributed by atoms with E-state index in [0.29, 0.717) is 25.9 Å². The SMILES string of the molecule is Cl.O=S(=O)(Nc1ccc2c(c1)CCN(CCC(F)(F)F)CC2)c1ccc(OC(F)(F)F)cc1. The van der Waals surface area contributed by atoms with Crippen LogP contribution in [0.15, 0.2) is 47.4 Å². The number of nitrogens with one attached hydrogen (secondary N) is 1. The van der Waals surface area contributed by atoms with Gasteiger partial charge in [0.2, 0.25) is 0 Å². The number of benzene rings is 2. The van der Waals surface area contributed by atoms with Gasteiger partial charge in [-0.1, -0.05) is 6.07 Å². The Morgan fingerprint density at radius 3 is 2.09 bits per heavy atom. The summed E-state index contributed by atoms with van der Waals surface area (Å²) in [6.45, 7) is 0.797. The molecule has 1 aliphatic rings. The van der Waals surface area contributed by atoms with Crippen LogP contribution in [0.2, 0.25) is 0 Å². The van der Waals surface area contributed by atoms with E-state index in [4.69, 9.17) is 0 Å². The molecule has 1 aliphatic heterocycles. The first kappa shape index (κ1) is 27.1. The van der Waals surface area contributed by atoms with Gasteiger partial charge in [0.1, 0.15) is 5.75 Å². The van der Waals surface area contributed by atoms with Crippen molar-refractivity contribution in [1.29, 1.82) is 0 Å². The molecule has 0 aliphatic carbocycles. The highest BCUT2D eigenvalue weighted by molar-refractivity contribution is 7.92. The maximum atomic E-state index is 12.6. The average molecular weight is 519 g/mol. The lowest BCUT2D eigenvalue weighted by Crippen LogP contribution is -2.30. The molecule has 33 heavy (non-hydrogen) atoms. The van der Waals surface area contributed by atoms with E-state index in [1.165, 1.54) is 0 Å². The van der Waals surface area contributed by atoms with E-state index in [1.54, 1.807) is 23.1 Å². The number of nitrogens with zero attached hydrogens (tertiary/aromatic N) is 1. The van der Waals surface area contributed by atoms with Gasteiger partial charge in [-0.05, 0) is 60.4 Å². The summed E-state index contributed by atoms with van der Waals surface area (Å²) in [5.74, 6) is -0.545. The van der Waals surface area contributed by atoms with Gasteiger partial charge < -0.3 is 9.64 Å². The first-order valence-corrected chi connectivity index (χ1v) is 11.1. The topological polar surface area (TPSA) is 58.6 Å². The van der Waals surface area contributed by atoms with Crippen molar-refractivity contribution in [1.82, 2.24) is 4.90 Å². The molecular formula is C20H21ClF6N2O3S. The van der Waals surface area contributed by atoms with E-state index in [1.807, 2.05) is 0 Å². The van der Waals surface area contributed by atoms with Crippen molar-refractivity contribution in [2.75, 3.05) is 24.4 Å². The van der Waals surface area contributed by atoms with Gasteiger partial charge in [0.25, 0.3) is 10.0 Å². The highest BCUT2D eigenvalue weighted by Crippen LogP contribution is 2.27. The number of rotatable bonds is 6. The molecule has 3 rings (SSSR count). The summed E-state index contributed by atoms with van der Waals surface area (Å²) in [6, 6.07) is 8.67. The van der Waals surface area contributed by atoms with Crippen molar-refractivity contribution < 1.29 is 39.5 Å².